The van der Waals surface area contributed by atoms with E-state index >= 15 is 0 Å². The summed E-state index contributed by atoms with van der Waals surface area (Å²) in [6.45, 7) is 13.0. The molecule has 24 heavy (non-hydrogen) atoms. The molecule has 2 aromatic rings. The molecule has 0 aliphatic rings. The summed E-state index contributed by atoms with van der Waals surface area (Å²) >= 11 is 5.48. The van der Waals surface area contributed by atoms with Crippen molar-refractivity contribution in [3.05, 3.63) is 64.7 Å². The molecule has 0 unspecified atom stereocenters. The lowest BCUT2D eigenvalue weighted by molar-refractivity contribution is 0.589. The maximum absolute atomic E-state index is 5.48. The SMILES string of the molecule is Cc1ccc(C)c(NC(=S)N[C@H](C)c2ccc(C(C)(C)C)cc2)c1. The first-order valence-electron chi connectivity index (χ1n) is 8.42. The van der Waals surface area contributed by atoms with Crippen molar-refractivity contribution in [2.24, 2.45) is 0 Å². The monoisotopic (exact) mass is 340 g/mol. The second-order valence-corrected chi connectivity index (χ2v) is 7.92. The Morgan fingerprint density at radius 2 is 1.62 bits per heavy atom. The van der Waals surface area contributed by atoms with E-state index < -0.39 is 0 Å². The van der Waals surface area contributed by atoms with Gasteiger partial charge in [0.2, 0.25) is 0 Å². The third kappa shape index (κ3) is 4.81. The van der Waals surface area contributed by atoms with Crippen molar-refractivity contribution in [2.45, 2.75) is 53.0 Å². The first-order valence-corrected chi connectivity index (χ1v) is 8.83. The highest BCUT2D eigenvalue weighted by Crippen LogP contribution is 2.24. The van der Waals surface area contributed by atoms with Crippen LogP contribution in [-0.2, 0) is 5.41 Å². The molecule has 0 aromatic heterocycles. The van der Waals surface area contributed by atoms with E-state index in [9.17, 15) is 0 Å². The van der Waals surface area contributed by atoms with Crippen LogP contribution in [0.2, 0.25) is 0 Å². The third-order valence-corrected chi connectivity index (χ3v) is 4.49. The number of thiocarbonyl (C=S) groups is 1. The van der Waals surface area contributed by atoms with Gasteiger partial charge in [-0.3, -0.25) is 0 Å². The number of hydrogen-bond acceptors (Lipinski definition) is 1. The lowest BCUT2D eigenvalue weighted by atomic mass is 9.86. The topological polar surface area (TPSA) is 24.1 Å². The molecule has 2 rings (SSSR count). The van der Waals surface area contributed by atoms with Gasteiger partial charge >= 0.3 is 0 Å². The quantitative estimate of drug-likeness (QED) is 0.706. The van der Waals surface area contributed by atoms with E-state index in [0.29, 0.717) is 5.11 Å². The van der Waals surface area contributed by atoms with Crippen molar-refractivity contribution in [1.82, 2.24) is 5.32 Å². The van der Waals surface area contributed by atoms with Crippen molar-refractivity contribution in [1.29, 1.82) is 0 Å². The molecule has 0 bridgehead atoms. The minimum Gasteiger partial charge on any atom is -0.356 e. The summed E-state index contributed by atoms with van der Waals surface area (Å²) < 4.78 is 0. The third-order valence-electron chi connectivity index (χ3n) is 4.27. The van der Waals surface area contributed by atoms with Crippen LogP contribution >= 0.6 is 12.2 Å². The van der Waals surface area contributed by atoms with Gasteiger partial charge in [0.15, 0.2) is 5.11 Å². The summed E-state index contributed by atoms with van der Waals surface area (Å²) in [5, 5.41) is 7.33. The summed E-state index contributed by atoms with van der Waals surface area (Å²) in [6.07, 6.45) is 0. The van der Waals surface area contributed by atoms with Crippen molar-refractivity contribution in [3.63, 3.8) is 0 Å². The molecule has 0 aliphatic heterocycles. The van der Waals surface area contributed by atoms with Crippen molar-refractivity contribution < 1.29 is 0 Å². The highest BCUT2D eigenvalue weighted by Gasteiger charge is 2.14. The molecule has 0 spiro atoms. The molecule has 0 radical (unpaired) electrons. The van der Waals surface area contributed by atoms with Gasteiger partial charge in [-0.15, -0.1) is 0 Å². The summed E-state index contributed by atoms with van der Waals surface area (Å²) in [6, 6.07) is 15.3. The summed E-state index contributed by atoms with van der Waals surface area (Å²) in [4.78, 5) is 0. The fourth-order valence-electron chi connectivity index (χ4n) is 2.58. The Balaban J connectivity index is 2.02. The first-order chi connectivity index (χ1) is 11.2. The number of anilines is 1. The Kier molecular flexibility index (Phi) is 5.66. The van der Waals surface area contributed by atoms with Gasteiger partial charge in [-0.1, -0.05) is 57.2 Å². The molecule has 128 valence electrons. The van der Waals surface area contributed by atoms with Crippen molar-refractivity contribution in [2.75, 3.05) is 5.32 Å². The molecule has 0 heterocycles. The Labute approximate surface area is 151 Å². The van der Waals surface area contributed by atoms with E-state index in [2.05, 4.69) is 94.6 Å². The number of benzene rings is 2. The van der Waals surface area contributed by atoms with Gasteiger partial charge in [0.1, 0.15) is 0 Å². The van der Waals surface area contributed by atoms with Crippen LogP contribution in [0.4, 0.5) is 5.69 Å². The zero-order valence-corrected chi connectivity index (χ0v) is 16.3. The van der Waals surface area contributed by atoms with Gasteiger partial charge in [0.25, 0.3) is 0 Å². The second kappa shape index (κ2) is 7.35. The van der Waals surface area contributed by atoms with Crippen LogP contribution in [0.15, 0.2) is 42.5 Å². The minimum absolute atomic E-state index is 0.157. The number of aryl methyl sites for hydroxylation is 2. The highest BCUT2D eigenvalue weighted by atomic mass is 32.1. The van der Waals surface area contributed by atoms with Gasteiger partial charge in [-0.25, -0.2) is 0 Å². The summed E-state index contributed by atoms with van der Waals surface area (Å²) in [7, 11) is 0. The minimum atomic E-state index is 0.157. The zero-order chi connectivity index (χ0) is 17.9. The van der Waals surface area contributed by atoms with Crippen LogP contribution < -0.4 is 10.6 Å². The van der Waals surface area contributed by atoms with Gasteiger partial charge < -0.3 is 10.6 Å². The number of hydrogen-bond donors (Lipinski definition) is 2. The molecule has 1 atom stereocenters. The smallest absolute Gasteiger partial charge is 0.171 e. The van der Waals surface area contributed by atoms with Crippen molar-refractivity contribution >= 4 is 23.0 Å². The summed E-state index contributed by atoms with van der Waals surface area (Å²) in [5.74, 6) is 0. The Hall–Kier alpha value is -1.87. The van der Waals surface area contributed by atoms with E-state index in [-0.39, 0.29) is 11.5 Å². The molecule has 0 aliphatic carbocycles. The molecule has 0 saturated carbocycles. The molecular formula is C21H28N2S. The van der Waals surface area contributed by atoms with Crippen LogP contribution in [0.25, 0.3) is 0 Å². The fraction of sp³-hybridized carbons (Fsp3) is 0.381. The van der Waals surface area contributed by atoms with E-state index in [1.165, 1.54) is 22.3 Å². The maximum atomic E-state index is 5.48. The van der Waals surface area contributed by atoms with Crippen LogP contribution in [0.5, 0.6) is 0 Å². The average molecular weight is 341 g/mol. The van der Waals surface area contributed by atoms with Crippen LogP contribution in [0.1, 0.15) is 56.0 Å². The molecule has 0 saturated heterocycles. The maximum Gasteiger partial charge on any atom is 0.171 e. The van der Waals surface area contributed by atoms with E-state index in [1.54, 1.807) is 0 Å². The molecule has 2 aromatic carbocycles. The fourth-order valence-corrected chi connectivity index (χ4v) is 2.87. The molecule has 3 heteroatoms. The van der Waals surface area contributed by atoms with Gasteiger partial charge in [-0.05, 0) is 66.7 Å². The van der Waals surface area contributed by atoms with Crippen LogP contribution in [0, 0.1) is 13.8 Å². The Morgan fingerprint density at radius 1 is 1.00 bits per heavy atom. The van der Waals surface area contributed by atoms with Crippen molar-refractivity contribution in [3.8, 4) is 0 Å². The Bertz CT molecular complexity index is 712. The van der Waals surface area contributed by atoms with Crippen LogP contribution in [-0.4, -0.2) is 5.11 Å². The molecule has 0 fully saturated rings. The largest absolute Gasteiger partial charge is 0.356 e. The second-order valence-electron chi connectivity index (χ2n) is 7.51. The predicted octanol–water partition coefficient (Wildman–Crippen LogP) is 5.65. The first kappa shape index (κ1) is 18.5. The van der Waals surface area contributed by atoms with E-state index in [1.807, 2.05) is 0 Å². The Morgan fingerprint density at radius 3 is 2.21 bits per heavy atom. The van der Waals surface area contributed by atoms with Gasteiger partial charge in [0.05, 0.1) is 6.04 Å². The van der Waals surface area contributed by atoms with Gasteiger partial charge in [-0.2, -0.15) is 0 Å². The average Bonchev–Trinajstić information content (AvgIpc) is 2.50. The number of nitrogens with one attached hydrogen (secondary N) is 2. The van der Waals surface area contributed by atoms with Gasteiger partial charge in [0, 0.05) is 5.69 Å². The highest BCUT2D eigenvalue weighted by molar-refractivity contribution is 7.80. The van der Waals surface area contributed by atoms with E-state index in [0.717, 1.165) is 5.69 Å². The lowest BCUT2D eigenvalue weighted by Crippen LogP contribution is -2.31. The normalized spacial score (nSPS) is 12.6. The summed E-state index contributed by atoms with van der Waals surface area (Å²) in [5.41, 5.74) is 6.21. The van der Waals surface area contributed by atoms with Crippen LogP contribution in [0.3, 0.4) is 0 Å². The lowest BCUT2D eigenvalue weighted by Gasteiger charge is -2.22. The zero-order valence-electron chi connectivity index (χ0n) is 15.5. The standard InChI is InChI=1S/C21H28N2S/c1-14-7-8-15(2)19(13-14)23-20(24)22-16(3)17-9-11-18(12-10-17)21(4,5)6/h7-13,16H,1-6H3,(H2,22,23,24)/t16-/m1/s1. The van der Waals surface area contributed by atoms with E-state index in [4.69, 9.17) is 12.2 Å². The molecule has 2 N–H and O–H groups in total. The molecule has 0 amide bonds. The number of rotatable bonds is 3. The predicted molar refractivity (Wildman–Crippen MR) is 109 cm³/mol. The molecular weight excluding hydrogens is 312 g/mol. The molecule has 2 nitrogen and oxygen atoms in total.